The Kier molecular flexibility index (Phi) is 17.6. The van der Waals surface area contributed by atoms with Crippen LogP contribution in [0.1, 0.15) is 131 Å². The van der Waals surface area contributed by atoms with Crippen molar-refractivity contribution in [2.75, 3.05) is 33.2 Å². The summed E-state index contributed by atoms with van der Waals surface area (Å²) in [7, 11) is 5.56. The van der Waals surface area contributed by atoms with E-state index in [2.05, 4.69) is 91.6 Å². The molecule has 0 saturated heterocycles. The third kappa shape index (κ3) is 13.2. The van der Waals surface area contributed by atoms with Crippen LogP contribution in [0.4, 0.5) is 34.9 Å². The van der Waals surface area contributed by atoms with E-state index in [-0.39, 0.29) is 88.0 Å². The molecule has 0 radical (unpaired) electrons. The number of nitrogens with one attached hydrogen (secondary N) is 3. The number of fused-ring (bicyclic) bond motifs is 3. The van der Waals surface area contributed by atoms with Crippen LogP contribution in [0.15, 0.2) is 139 Å². The first-order valence-corrected chi connectivity index (χ1v) is 34.9. The van der Waals surface area contributed by atoms with Crippen LogP contribution >= 0.6 is 0 Å². The summed E-state index contributed by atoms with van der Waals surface area (Å²) in [4.78, 5) is 90.6. The molecule has 3 saturated carbocycles. The zero-order valence-electron chi connectivity index (χ0n) is 60.0. The fourth-order valence-electron chi connectivity index (χ4n) is 13.3. The van der Waals surface area contributed by atoms with Gasteiger partial charge in [0.25, 0.3) is 28.5 Å². The third-order valence-corrected chi connectivity index (χ3v) is 18.7. The largest absolute Gasteiger partial charge is 0.421 e. The number of nitrogen functional groups attached to an aromatic ring is 3. The minimum absolute atomic E-state index is 0.0678. The number of aromatic nitrogens is 24. The molecule has 0 bridgehead atoms. The first-order chi connectivity index (χ1) is 52.2. The Hall–Kier alpha value is -13.8. The van der Waals surface area contributed by atoms with Crippen molar-refractivity contribution >= 4 is 67.6 Å². The quantitative estimate of drug-likeness (QED) is 0.0466. The number of nitrogens with zero attached hydrogens (tertiary/aromatic N) is 24. The van der Waals surface area contributed by atoms with Crippen molar-refractivity contribution in [1.82, 2.24) is 118 Å². The lowest BCUT2D eigenvalue weighted by Gasteiger charge is -2.21. The fraction of sp³-hybridized carbons (Fsp3) is 0.292. The predicted molar refractivity (Wildman–Crippen MR) is 399 cm³/mol. The van der Waals surface area contributed by atoms with E-state index in [1.807, 2.05) is 120 Å². The molecule has 3 atom stereocenters. The lowest BCUT2D eigenvalue weighted by atomic mass is 10.0. The minimum atomic E-state index is -0.387. The van der Waals surface area contributed by atoms with Crippen molar-refractivity contribution in [1.29, 1.82) is 0 Å². The highest BCUT2D eigenvalue weighted by Crippen LogP contribution is 2.42. The summed E-state index contributed by atoms with van der Waals surface area (Å²) in [5.74, 6) is 5.71. The molecular weight excluding hydrogens is 1380 g/mol. The Morgan fingerprint density at radius 2 is 0.824 bits per heavy atom. The molecule has 0 aliphatic heterocycles. The smallest absolute Gasteiger partial charge is 0.265 e. The molecular formula is C72H72N30O6. The number of rotatable bonds is 18. The Morgan fingerprint density at radius 1 is 0.444 bits per heavy atom. The molecule has 0 unspecified atom stereocenters. The number of hydrogen-bond acceptors (Lipinski definition) is 30. The lowest BCUT2D eigenvalue weighted by molar-refractivity contribution is 0.394. The molecule has 3 aliphatic carbocycles. The van der Waals surface area contributed by atoms with Gasteiger partial charge in [0.1, 0.15) is 88.1 Å². The summed E-state index contributed by atoms with van der Waals surface area (Å²) in [5.41, 5.74) is 26.4. The Morgan fingerprint density at radius 3 is 1.15 bits per heavy atom. The first kappa shape index (κ1) is 68.6. The molecule has 0 amide bonds. The molecule has 3 aliphatic rings. The summed E-state index contributed by atoms with van der Waals surface area (Å²) >= 11 is 0. The maximum atomic E-state index is 13.9. The van der Waals surface area contributed by atoms with Gasteiger partial charge in [0.15, 0.2) is 5.82 Å². The number of aryl methyl sites for hydroxylation is 6. The molecule has 36 heteroatoms. The number of nitrogens with two attached hydrogens (primary N) is 3. The van der Waals surface area contributed by atoms with E-state index in [4.69, 9.17) is 45.6 Å². The topological polar surface area (TPSA) is 466 Å². The van der Waals surface area contributed by atoms with Gasteiger partial charge in [-0.25, -0.2) is 44.9 Å². The van der Waals surface area contributed by atoms with Crippen LogP contribution < -0.4 is 49.8 Å². The summed E-state index contributed by atoms with van der Waals surface area (Å²) in [6.45, 7) is 10.9. The average molecular weight is 1450 g/mol. The van der Waals surface area contributed by atoms with Crippen molar-refractivity contribution in [2.24, 2.45) is 21.1 Å². The van der Waals surface area contributed by atoms with Gasteiger partial charge >= 0.3 is 0 Å². The van der Waals surface area contributed by atoms with Crippen molar-refractivity contribution in [2.45, 2.75) is 116 Å². The highest BCUT2D eigenvalue weighted by molar-refractivity contribution is 5.96. The number of benzene rings is 3. The van der Waals surface area contributed by atoms with Crippen molar-refractivity contribution < 1.29 is 13.5 Å². The molecule has 36 nitrogen and oxygen atoms in total. The molecule has 108 heavy (non-hydrogen) atoms. The molecule has 3 aromatic carbocycles. The SMILES string of the molecule is Cc1nc(-c2c(N)ncnc2N[C@@H](C)c2nc3cccc(-c4cnn(C)c4)c3c(=O)n2C2CC2)no1.Cc1nnc(-c2c(N)ncnc2N[C@@H](C)c2nc3cccc(-c4cnn(C)c4)c3c(=O)n2C2CC2)o1.Cc1noc(-c2c(N)ncnc2N[C@@H](C)c2nc3cccc(-c4cnn(C)c4)c3c(=O)n2C2CC2)n1. The van der Waals surface area contributed by atoms with Gasteiger partial charge in [0, 0.05) is 88.4 Å². The van der Waals surface area contributed by atoms with E-state index in [9.17, 15) is 14.4 Å². The van der Waals surface area contributed by atoms with Gasteiger partial charge in [-0.15, -0.1) is 10.2 Å². The van der Waals surface area contributed by atoms with Gasteiger partial charge < -0.3 is 46.6 Å². The van der Waals surface area contributed by atoms with Gasteiger partial charge in [-0.3, -0.25) is 42.1 Å². The second-order valence-electron chi connectivity index (χ2n) is 26.9. The van der Waals surface area contributed by atoms with E-state index in [1.54, 1.807) is 62.5 Å². The molecule has 18 rings (SSSR count). The first-order valence-electron chi connectivity index (χ1n) is 34.9. The highest BCUT2D eigenvalue weighted by Gasteiger charge is 2.36. The van der Waals surface area contributed by atoms with Crippen LogP contribution in [-0.2, 0) is 21.1 Å². The van der Waals surface area contributed by atoms with Crippen molar-refractivity contribution in [3.63, 3.8) is 0 Å². The Bertz CT molecular complexity index is 5580. The van der Waals surface area contributed by atoms with E-state index >= 15 is 0 Å². The molecule has 3 fully saturated rings. The summed E-state index contributed by atoms with van der Waals surface area (Å²) in [6, 6.07) is 16.2. The molecule has 9 N–H and O–H groups in total. The second kappa shape index (κ2) is 27.7. The molecule has 546 valence electrons. The predicted octanol–water partition coefficient (Wildman–Crippen LogP) is 9.11. The van der Waals surface area contributed by atoms with Gasteiger partial charge in [-0.05, 0) is 101 Å². The van der Waals surface area contributed by atoms with E-state index < -0.39 is 0 Å². The average Bonchev–Trinajstić information content (AvgIpc) is 1.36. The Labute approximate surface area is 612 Å². The van der Waals surface area contributed by atoms with Crippen LogP contribution in [0.3, 0.4) is 0 Å². The van der Waals surface area contributed by atoms with E-state index in [0.29, 0.717) is 102 Å². The van der Waals surface area contributed by atoms with Crippen LogP contribution in [0.25, 0.3) is 100 Å². The number of anilines is 6. The fourth-order valence-corrected chi connectivity index (χ4v) is 13.3. The summed E-state index contributed by atoms with van der Waals surface area (Å²) < 4.78 is 26.6. The van der Waals surface area contributed by atoms with Crippen LogP contribution in [-0.4, -0.2) is 118 Å². The van der Waals surface area contributed by atoms with Gasteiger partial charge in [-0.1, -0.05) is 46.7 Å². The van der Waals surface area contributed by atoms with Gasteiger partial charge in [0.05, 0.1) is 69.4 Å². The van der Waals surface area contributed by atoms with Crippen molar-refractivity contribution in [3.8, 4) is 67.7 Å². The zero-order valence-corrected chi connectivity index (χ0v) is 60.0. The van der Waals surface area contributed by atoms with Gasteiger partial charge in [0.2, 0.25) is 17.6 Å². The zero-order chi connectivity index (χ0) is 74.9. The van der Waals surface area contributed by atoms with E-state index in [1.165, 1.54) is 19.0 Å². The van der Waals surface area contributed by atoms with Gasteiger partial charge in [-0.2, -0.15) is 25.3 Å². The minimum Gasteiger partial charge on any atom is -0.421 e. The maximum absolute atomic E-state index is 13.9. The molecule has 12 aromatic heterocycles. The number of hydrogen-bond donors (Lipinski definition) is 6. The highest BCUT2D eigenvalue weighted by atomic mass is 16.5. The normalized spacial score (nSPS) is 14.3. The molecule has 12 heterocycles. The van der Waals surface area contributed by atoms with Crippen molar-refractivity contribution in [3.05, 3.63) is 177 Å². The summed E-state index contributed by atoms with van der Waals surface area (Å²) in [6.07, 6.45) is 20.6. The Balaban J connectivity index is 0.000000124. The molecule has 15 aromatic rings. The third-order valence-electron chi connectivity index (χ3n) is 18.7. The second-order valence-corrected chi connectivity index (χ2v) is 26.9. The van der Waals surface area contributed by atoms with E-state index in [0.717, 1.165) is 71.9 Å². The maximum Gasteiger partial charge on any atom is 0.265 e. The van der Waals surface area contributed by atoms with Crippen LogP contribution in [0, 0.1) is 20.8 Å². The monoisotopic (exact) mass is 1450 g/mol. The lowest BCUT2D eigenvalue weighted by Crippen LogP contribution is -2.28. The molecule has 0 spiro atoms. The van der Waals surface area contributed by atoms with Crippen LogP contribution in [0.5, 0.6) is 0 Å². The van der Waals surface area contributed by atoms with Crippen LogP contribution in [0.2, 0.25) is 0 Å². The standard InChI is InChI=1S/3C24H24N10O2/c1-12(29-21-19(20(25)26-11-27-21)22-30-13(2)36-32-22)23-31-17-6-4-5-16(14-9-28-33(3)10-14)18(17)24(35)34(23)15-7-8-15;1-12(29-21-19(20(25)26-11-27-21)23-32-31-13(2)36-23)22-30-17-6-4-5-16(14-9-28-33(3)10-14)18(17)24(35)34(22)15-7-8-15;1-12(29-21-19(20(25)26-11-27-21)23-30-13(2)32-36-23)22-31-17-6-4-5-16(14-9-28-33(3)10-14)18(17)24(35)34(22)15-7-8-15/h3*4-6,9-12,15H,7-8H2,1-3H3,(H3,25,26,27,29)/t3*12-/m000/s1. The summed E-state index contributed by atoms with van der Waals surface area (Å²) in [5, 5.41) is 40.4.